The van der Waals surface area contributed by atoms with Gasteiger partial charge in [0, 0.05) is 27.8 Å². The predicted octanol–water partition coefficient (Wildman–Crippen LogP) is 4.24. The highest BCUT2D eigenvalue weighted by Crippen LogP contribution is 2.23. The first-order valence-electron chi connectivity index (χ1n) is 5.53. The zero-order valence-corrected chi connectivity index (χ0v) is 12.8. The van der Waals surface area contributed by atoms with E-state index >= 15 is 0 Å². The van der Waals surface area contributed by atoms with Crippen molar-refractivity contribution in [1.82, 2.24) is 9.38 Å². The Kier molecular flexibility index (Phi) is 3.43. The molecule has 0 amide bonds. The summed E-state index contributed by atoms with van der Waals surface area (Å²) in [5.41, 5.74) is 1.28. The van der Waals surface area contributed by atoms with Crippen LogP contribution in [0.1, 0.15) is 16.1 Å². The summed E-state index contributed by atoms with van der Waals surface area (Å²) >= 11 is 10.9. The van der Waals surface area contributed by atoms with Crippen LogP contribution in [-0.2, 0) is 6.42 Å². The molecule has 3 rings (SSSR count). The van der Waals surface area contributed by atoms with Crippen molar-refractivity contribution in [3.05, 3.63) is 56.7 Å². The highest BCUT2D eigenvalue weighted by atomic mass is 79.9. The Bertz CT molecular complexity index is 736. The summed E-state index contributed by atoms with van der Waals surface area (Å²) in [7, 11) is 0. The Morgan fingerprint density at radius 3 is 3.11 bits per heavy atom. The molecular formula is C13H8BrClN2OS. The minimum atomic E-state index is -0.0305. The monoisotopic (exact) mass is 354 g/mol. The molecule has 96 valence electrons. The van der Waals surface area contributed by atoms with Gasteiger partial charge >= 0.3 is 0 Å². The first-order chi connectivity index (χ1) is 9.13. The average Bonchev–Trinajstić information content (AvgIpc) is 2.92. The highest BCUT2D eigenvalue weighted by Gasteiger charge is 2.14. The van der Waals surface area contributed by atoms with E-state index < -0.39 is 0 Å². The van der Waals surface area contributed by atoms with Crippen LogP contribution in [0.3, 0.4) is 0 Å². The summed E-state index contributed by atoms with van der Waals surface area (Å²) in [6.45, 7) is 0. The molecule has 0 N–H and O–H groups in total. The van der Waals surface area contributed by atoms with Crippen LogP contribution in [0, 0.1) is 0 Å². The fourth-order valence-electron chi connectivity index (χ4n) is 1.83. The van der Waals surface area contributed by atoms with E-state index in [2.05, 4.69) is 20.9 Å². The van der Waals surface area contributed by atoms with Gasteiger partial charge in [-0.05, 0) is 18.2 Å². The molecule has 3 aromatic rings. The number of rotatable bonds is 3. The largest absolute Gasteiger partial charge is 0.297 e. The second kappa shape index (κ2) is 5.07. The zero-order chi connectivity index (χ0) is 13.4. The summed E-state index contributed by atoms with van der Waals surface area (Å²) < 4.78 is 2.75. The molecule has 0 fully saturated rings. The average molecular weight is 356 g/mol. The number of nitrogens with zero attached hydrogens (tertiary/aromatic N) is 2. The minimum absolute atomic E-state index is 0.0305. The molecule has 0 saturated carbocycles. The number of imidazole rings is 1. The van der Waals surface area contributed by atoms with Crippen LogP contribution in [0.2, 0.25) is 5.02 Å². The third-order valence-electron chi connectivity index (χ3n) is 2.71. The Morgan fingerprint density at radius 2 is 2.32 bits per heavy atom. The van der Waals surface area contributed by atoms with E-state index in [1.54, 1.807) is 23.5 Å². The maximum Gasteiger partial charge on any atom is 0.193 e. The van der Waals surface area contributed by atoms with Gasteiger partial charge in [-0.25, -0.2) is 4.98 Å². The zero-order valence-electron chi connectivity index (χ0n) is 9.64. The second-order valence-corrected chi connectivity index (χ2v) is 6.25. The molecule has 6 heteroatoms. The van der Waals surface area contributed by atoms with Crippen LogP contribution in [0.5, 0.6) is 0 Å². The van der Waals surface area contributed by atoms with Crippen molar-refractivity contribution in [3.63, 3.8) is 0 Å². The van der Waals surface area contributed by atoms with E-state index in [4.69, 9.17) is 11.6 Å². The van der Waals surface area contributed by atoms with Gasteiger partial charge in [0.1, 0.15) is 0 Å². The first kappa shape index (κ1) is 12.8. The molecule has 0 aliphatic carbocycles. The number of hydrogen-bond donors (Lipinski definition) is 0. The summed E-state index contributed by atoms with van der Waals surface area (Å²) in [6, 6.07) is 5.26. The summed E-state index contributed by atoms with van der Waals surface area (Å²) in [5.74, 6) is -0.0305. The number of aromatic nitrogens is 2. The number of fused-ring (bicyclic) bond motifs is 1. The van der Waals surface area contributed by atoms with Gasteiger partial charge in [-0.1, -0.05) is 27.5 Å². The number of hydrogen-bond acceptors (Lipinski definition) is 3. The van der Waals surface area contributed by atoms with E-state index in [0.29, 0.717) is 10.6 Å². The van der Waals surface area contributed by atoms with Crippen LogP contribution in [-0.4, -0.2) is 15.2 Å². The number of Topliss-reactive ketones (excluding diaryl/α,β-unsaturated/α-hetero) is 1. The SMILES string of the molecule is O=C(Cc1cn2ccsc2n1)c1cc(Br)ccc1Cl. The number of carbonyl (C=O) groups is 1. The van der Waals surface area contributed by atoms with Gasteiger partial charge in [0.05, 0.1) is 17.1 Å². The van der Waals surface area contributed by atoms with Crippen molar-refractivity contribution < 1.29 is 4.79 Å². The van der Waals surface area contributed by atoms with E-state index in [9.17, 15) is 4.79 Å². The molecule has 1 aromatic carbocycles. The maximum absolute atomic E-state index is 12.2. The molecule has 0 aliphatic heterocycles. The predicted molar refractivity (Wildman–Crippen MR) is 80.3 cm³/mol. The summed E-state index contributed by atoms with van der Waals surface area (Å²) in [5, 5.41) is 2.42. The topological polar surface area (TPSA) is 34.4 Å². The van der Waals surface area contributed by atoms with Crippen molar-refractivity contribution in [2.24, 2.45) is 0 Å². The Morgan fingerprint density at radius 1 is 1.47 bits per heavy atom. The molecular weight excluding hydrogens is 348 g/mol. The number of benzene rings is 1. The lowest BCUT2D eigenvalue weighted by molar-refractivity contribution is 0.0992. The quantitative estimate of drug-likeness (QED) is 0.659. The summed E-state index contributed by atoms with van der Waals surface area (Å²) in [6.07, 6.45) is 4.05. The standard InChI is InChI=1S/C13H8BrClN2OS/c14-8-1-2-11(15)10(5-8)12(18)6-9-7-17-3-4-19-13(17)16-9/h1-5,7H,6H2. The van der Waals surface area contributed by atoms with Crippen molar-refractivity contribution >= 4 is 49.6 Å². The Hall–Kier alpha value is -1.17. The van der Waals surface area contributed by atoms with E-state index in [-0.39, 0.29) is 12.2 Å². The molecule has 2 aromatic heterocycles. The third kappa shape index (κ3) is 2.59. The number of thiazole rings is 1. The van der Waals surface area contributed by atoms with Crippen molar-refractivity contribution in [1.29, 1.82) is 0 Å². The molecule has 0 unspecified atom stereocenters. The molecule has 2 heterocycles. The molecule has 0 bridgehead atoms. The smallest absolute Gasteiger partial charge is 0.193 e. The minimum Gasteiger partial charge on any atom is -0.297 e. The lowest BCUT2D eigenvalue weighted by Gasteiger charge is -2.02. The van der Waals surface area contributed by atoms with Gasteiger partial charge in [-0.15, -0.1) is 11.3 Å². The normalized spacial score (nSPS) is 11.1. The van der Waals surface area contributed by atoms with Crippen molar-refractivity contribution in [3.8, 4) is 0 Å². The molecule has 0 atom stereocenters. The van der Waals surface area contributed by atoms with E-state index in [0.717, 1.165) is 15.1 Å². The lowest BCUT2D eigenvalue weighted by Crippen LogP contribution is -2.04. The second-order valence-electron chi connectivity index (χ2n) is 4.05. The van der Waals surface area contributed by atoms with E-state index in [1.165, 1.54) is 0 Å². The van der Waals surface area contributed by atoms with E-state index in [1.807, 2.05) is 28.2 Å². The molecule has 3 nitrogen and oxygen atoms in total. The molecule has 0 radical (unpaired) electrons. The fourth-order valence-corrected chi connectivity index (χ4v) is 3.14. The fraction of sp³-hybridized carbons (Fsp3) is 0.0769. The molecule has 19 heavy (non-hydrogen) atoms. The molecule has 0 saturated heterocycles. The number of ketones is 1. The Labute approximate surface area is 127 Å². The van der Waals surface area contributed by atoms with Crippen molar-refractivity contribution in [2.45, 2.75) is 6.42 Å². The van der Waals surface area contributed by atoms with Gasteiger partial charge in [-0.2, -0.15) is 0 Å². The Balaban J connectivity index is 1.88. The van der Waals surface area contributed by atoms with Gasteiger partial charge < -0.3 is 0 Å². The maximum atomic E-state index is 12.2. The molecule has 0 aliphatic rings. The van der Waals surface area contributed by atoms with Crippen LogP contribution in [0.25, 0.3) is 4.96 Å². The van der Waals surface area contributed by atoms with Gasteiger partial charge in [0.2, 0.25) is 0 Å². The van der Waals surface area contributed by atoms with Crippen LogP contribution < -0.4 is 0 Å². The van der Waals surface area contributed by atoms with Crippen molar-refractivity contribution in [2.75, 3.05) is 0 Å². The third-order valence-corrected chi connectivity index (χ3v) is 4.31. The lowest BCUT2D eigenvalue weighted by atomic mass is 10.1. The number of halogens is 2. The first-order valence-corrected chi connectivity index (χ1v) is 7.58. The van der Waals surface area contributed by atoms with Gasteiger partial charge in [-0.3, -0.25) is 9.20 Å². The van der Waals surface area contributed by atoms with Gasteiger partial charge in [0.25, 0.3) is 0 Å². The van der Waals surface area contributed by atoms with Crippen LogP contribution in [0.4, 0.5) is 0 Å². The number of carbonyl (C=O) groups excluding carboxylic acids is 1. The summed E-state index contributed by atoms with van der Waals surface area (Å²) in [4.78, 5) is 17.5. The van der Waals surface area contributed by atoms with Gasteiger partial charge in [0.15, 0.2) is 10.7 Å². The van der Waals surface area contributed by atoms with Crippen LogP contribution in [0.15, 0.2) is 40.4 Å². The molecule has 0 spiro atoms. The van der Waals surface area contributed by atoms with Crippen LogP contribution >= 0.6 is 38.9 Å². The highest BCUT2D eigenvalue weighted by molar-refractivity contribution is 9.10.